The predicted molar refractivity (Wildman–Crippen MR) is 78.0 cm³/mol. The molecule has 0 bridgehead atoms. The van der Waals surface area contributed by atoms with Crippen LogP contribution in [-0.2, 0) is 0 Å². The molecule has 3 rings (SSSR count). The number of benzene rings is 1. The van der Waals surface area contributed by atoms with Crippen molar-refractivity contribution < 1.29 is 0 Å². The zero-order valence-corrected chi connectivity index (χ0v) is 12.0. The van der Waals surface area contributed by atoms with E-state index in [1.165, 1.54) is 0 Å². The number of nitrogens with zero attached hydrogens (tertiary/aromatic N) is 2. The smallest absolute Gasteiger partial charge is 0.115 e. The fraction of sp³-hybridized carbons (Fsp3) is 0.231. The number of imidazole rings is 2. The van der Waals surface area contributed by atoms with Crippen LogP contribution < -0.4 is 5.73 Å². The van der Waals surface area contributed by atoms with Crippen molar-refractivity contribution in [2.45, 2.75) is 12.8 Å². The SMILES string of the molecule is Cc1nc2ccc(C(CN)c3ncc(Br)[nH]3)cc2[nH]1. The van der Waals surface area contributed by atoms with E-state index in [0.29, 0.717) is 6.54 Å². The Balaban J connectivity index is 2.05. The number of hydrogen-bond acceptors (Lipinski definition) is 3. The summed E-state index contributed by atoms with van der Waals surface area (Å²) in [6.07, 6.45) is 1.75. The highest BCUT2D eigenvalue weighted by atomic mass is 79.9. The molecule has 0 radical (unpaired) electrons. The van der Waals surface area contributed by atoms with Crippen molar-refractivity contribution in [3.8, 4) is 0 Å². The second-order valence-corrected chi connectivity index (χ2v) is 5.36. The Morgan fingerprint density at radius 3 is 2.89 bits per heavy atom. The minimum absolute atomic E-state index is 0.0549. The molecule has 0 saturated carbocycles. The highest BCUT2D eigenvalue weighted by Crippen LogP contribution is 2.25. The van der Waals surface area contributed by atoms with Gasteiger partial charge < -0.3 is 15.7 Å². The van der Waals surface area contributed by atoms with Crippen LogP contribution in [0.5, 0.6) is 0 Å². The van der Waals surface area contributed by atoms with Crippen LogP contribution in [-0.4, -0.2) is 26.5 Å². The third kappa shape index (κ3) is 2.29. The zero-order valence-electron chi connectivity index (χ0n) is 10.4. The molecule has 2 heterocycles. The lowest BCUT2D eigenvalue weighted by atomic mass is 9.98. The number of aromatic nitrogens is 4. The van der Waals surface area contributed by atoms with Crippen molar-refractivity contribution in [2.24, 2.45) is 5.73 Å². The summed E-state index contributed by atoms with van der Waals surface area (Å²) in [5.41, 5.74) is 9.02. The van der Waals surface area contributed by atoms with Crippen LogP contribution in [0.1, 0.15) is 23.1 Å². The highest BCUT2D eigenvalue weighted by Gasteiger charge is 2.16. The van der Waals surface area contributed by atoms with Crippen LogP contribution in [0.4, 0.5) is 0 Å². The molecule has 0 saturated heterocycles. The van der Waals surface area contributed by atoms with Crippen LogP contribution in [0.15, 0.2) is 29.0 Å². The van der Waals surface area contributed by atoms with E-state index in [0.717, 1.165) is 32.8 Å². The number of H-pyrrole nitrogens is 2. The Hall–Kier alpha value is -1.66. The van der Waals surface area contributed by atoms with Gasteiger partial charge in [-0.3, -0.25) is 0 Å². The van der Waals surface area contributed by atoms with Gasteiger partial charge in [0.1, 0.15) is 16.3 Å². The molecule has 0 aliphatic rings. The summed E-state index contributed by atoms with van der Waals surface area (Å²) < 4.78 is 0.861. The van der Waals surface area contributed by atoms with Gasteiger partial charge in [-0.1, -0.05) is 6.07 Å². The Bertz CT molecular complexity index is 715. The lowest BCUT2D eigenvalue weighted by molar-refractivity contribution is 0.765. The third-order valence-corrected chi connectivity index (χ3v) is 3.56. The van der Waals surface area contributed by atoms with Crippen LogP contribution in [0.2, 0.25) is 0 Å². The van der Waals surface area contributed by atoms with Gasteiger partial charge in [-0.25, -0.2) is 9.97 Å². The third-order valence-electron chi connectivity index (χ3n) is 3.16. The quantitative estimate of drug-likeness (QED) is 0.693. The van der Waals surface area contributed by atoms with E-state index < -0.39 is 0 Å². The monoisotopic (exact) mass is 319 g/mol. The first-order chi connectivity index (χ1) is 9.17. The molecule has 98 valence electrons. The molecule has 1 unspecified atom stereocenters. The fourth-order valence-corrected chi connectivity index (χ4v) is 2.57. The molecule has 1 atom stereocenters. The number of fused-ring (bicyclic) bond motifs is 1. The molecule has 0 aliphatic heterocycles. The maximum Gasteiger partial charge on any atom is 0.115 e. The second-order valence-electron chi connectivity index (χ2n) is 4.50. The molecule has 5 nitrogen and oxygen atoms in total. The molecule has 6 heteroatoms. The summed E-state index contributed by atoms with van der Waals surface area (Å²) in [5, 5.41) is 0. The van der Waals surface area contributed by atoms with Gasteiger partial charge in [-0.2, -0.15) is 0 Å². The number of rotatable bonds is 3. The minimum atomic E-state index is 0.0549. The van der Waals surface area contributed by atoms with Crippen molar-refractivity contribution in [1.29, 1.82) is 0 Å². The first-order valence-corrected chi connectivity index (χ1v) is 6.83. The molecule has 0 amide bonds. The molecule has 4 N–H and O–H groups in total. The summed E-state index contributed by atoms with van der Waals surface area (Å²) in [7, 11) is 0. The molecule has 0 aliphatic carbocycles. The molecule has 3 aromatic rings. The van der Waals surface area contributed by atoms with E-state index in [2.05, 4.69) is 48.0 Å². The average molecular weight is 320 g/mol. The van der Waals surface area contributed by atoms with Crippen LogP contribution in [0, 0.1) is 6.92 Å². The van der Waals surface area contributed by atoms with E-state index in [1.54, 1.807) is 6.20 Å². The zero-order chi connectivity index (χ0) is 13.4. The van der Waals surface area contributed by atoms with Crippen molar-refractivity contribution >= 4 is 27.0 Å². The van der Waals surface area contributed by atoms with Crippen molar-refractivity contribution in [3.63, 3.8) is 0 Å². The van der Waals surface area contributed by atoms with E-state index >= 15 is 0 Å². The number of aromatic amines is 2. The molecular weight excluding hydrogens is 306 g/mol. The summed E-state index contributed by atoms with van der Waals surface area (Å²) in [5.74, 6) is 1.83. The van der Waals surface area contributed by atoms with E-state index in [-0.39, 0.29) is 5.92 Å². The van der Waals surface area contributed by atoms with E-state index in [4.69, 9.17) is 5.73 Å². The average Bonchev–Trinajstić information content (AvgIpc) is 2.95. The Morgan fingerprint density at radius 1 is 1.37 bits per heavy atom. The standard InChI is InChI=1S/C13H14BrN5/c1-7-17-10-3-2-8(4-11(10)18-7)9(5-15)13-16-6-12(14)19-13/h2-4,6,9H,5,15H2,1H3,(H,16,19)(H,17,18). The fourth-order valence-electron chi connectivity index (χ4n) is 2.27. The summed E-state index contributed by atoms with van der Waals surface area (Å²) in [6, 6.07) is 6.15. The molecule has 1 aromatic carbocycles. The van der Waals surface area contributed by atoms with Gasteiger partial charge in [0.05, 0.1) is 23.1 Å². The molecule has 2 aromatic heterocycles. The first-order valence-electron chi connectivity index (χ1n) is 6.04. The largest absolute Gasteiger partial charge is 0.342 e. The van der Waals surface area contributed by atoms with Crippen LogP contribution in [0.25, 0.3) is 11.0 Å². The summed E-state index contributed by atoms with van der Waals surface area (Å²) >= 11 is 3.37. The predicted octanol–water partition coefficient (Wildman–Crippen LogP) is 2.45. The van der Waals surface area contributed by atoms with Gasteiger partial charge in [0.15, 0.2) is 0 Å². The Kier molecular flexibility index (Phi) is 3.12. The molecular formula is C13H14BrN5. The Morgan fingerprint density at radius 2 is 2.21 bits per heavy atom. The van der Waals surface area contributed by atoms with E-state index in [9.17, 15) is 0 Å². The summed E-state index contributed by atoms with van der Waals surface area (Å²) in [4.78, 5) is 15.2. The highest BCUT2D eigenvalue weighted by molar-refractivity contribution is 9.10. The van der Waals surface area contributed by atoms with Crippen molar-refractivity contribution in [3.05, 3.63) is 46.2 Å². The van der Waals surface area contributed by atoms with Gasteiger partial charge in [-0.05, 0) is 40.5 Å². The maximum atomic E-state index is 5.89. The van der Waals surface area contributed by atoms with Gasteiger partial charge in [0.25, 0.3) is 0 Å². The van der Waals surface area contributed by atoms with Gasteiger partial charge in [0, 0.05) is 6.54 Å². The number of nitrogens with two attached hydrogens (primary N) is 1. The van der Waals surface area contributed by atoms with Crippen LogP contribution in [0.3, 0.4) is 0 Å². The van der Waals surface area contributed by atoms with E-state index in [1.807, 2.05) is 13.0 Å². The first kappa shape index (κ1) is 12.4. The number of aryl methyl sites for hydroxylation is 1. The van der Waals surface area contributed by atoms with Gasteiger partial charge >= 0.3 is 0 Å². The van der Waals surface area contributed by atoms with Crippen molar-refractivity contribution in [2.75, 3.05) is 6.54 Å². The summed E-state index contributed by atoms with van der Waals surface area (Å²) in [6.45, 7) is 2.45. The van der Waals surface area contributed by atoms with Crippen molar-refractivity contribution in [1.82, 2.24) is 19.9 Å². The topological polar surface area (TPSA) is 83.4 Å². The molecule has 0 spiro atoms. The maximum absolute atomic E-state index is 5.89. The molecule has 19 heavy (non-hydrogen) atoms. The second kappa shape index (κ2) is 4.79. The molecule has 0 fully saturated rings. The normalized spacial score (nSPS) is 13.0. The lowest BCUT2D eigenvalue weighted by Crippen LogP contribution is -2.15. The number of hydrogen-bond donors (Lipinski definition) is 3. The van der Waals surface area contributed by atoms with Gasteiger partial charge in [0.2, 0.25) is 0 Å². The number of nitrogens with one attached hydrogen (secondary N) is 2. The van der Waals surface area contributed by atoms with Gasteiger partial charge in [-0.15, -0.1) is 0 Å². The lowest BCUT2D eigenvalue weighted by Gasteiger charge is -2.12. The Labute approximate surface area is 118 Å². The number of halogens is 1. The van der Waals surface area contributed by atoms with Crippen LogP contribution >= 0.6 is 15.9 Å². The minimum Gasteiger partial charge on any atom is -0.342 e.